The molecular weight excluding hydrogens is 236 g/mol. The zero-order chi connectivity index (χ0) is 14.4. The molecule has 0 aliphatic carbocycles. The van der Waals surface area contributed by atoms with Crippen LogP contribution in [0, 0.1) is 11.8 Å². The van der Waals surface area contributed by atoms with Crippen LogP contribution >= 0.6 is 0 Å². The predicted octanol–water partition coefficient (Wildman–Crippen LogP) is 3.98. The van der Waals surface area contributed by atoms with E-state index in [4.69, 9.17) is 4.74 Å². The monoisotopic (exact) mass is 264 g/mol. The van der Waals surface area contributed by atoms with Crippen LogP contribution in [0.1, 0.15) is 51.8 Å². The smallest absolute Gasteiger partial charge is 0.102 e. The minimum atomic E-state index is -0.533. The van der Waals surface area contributed by atoms with Crippen LogP contribution in [0.4, 0.5) is 0 Å². The second-order valence-electron chi connectivity index (χ2n) is 6.14. The second-order valence-corrected chi connectivity index (χ2v) is 6.14. The molecule has 0 amide bonds. The Kier molecular flexibility index (Phi) is 6.53. The Bertz CT molecular complexity index is 354. The van der Waals surface area contributed by atoms with Crippen molar-refractivity contribution in [1.29, 1.82) is 0 Å². The summed E-state index contributed by atoms with van der Waals surface area (Å²) in [4.78, 5) is 0. The van der Waals surface area contributed by atoms with Gasteiger partial charge in [-0.05, 0) is 36.3 Å². The maximum Gasteiger partial charge on any atom is 0.102 e. The average Bonchev–Trinajstić information content (AvgIpc) is 2.35. The van der Waals surface area contributed by atoms with E-state index in [1.807, 2.05) is 19.1 Å². The fourth-order valence-electron chi connectivity index (χ4n) is 1.88. The third-order valence-electron chi connectivity index (χ3n) is 3.46. The molecule has 0 radical (unpaired) electrons. The van der Waals surface area contributed by atoms with Gasteiger partial charge >= 0.3 is 0 Å². The van der Waals surface area contributed by atoms with Crippen molar-refractivity contribution in [2.75, 3.05) is 6.61 Å². The predicted molar refractivity (Wildman–Crippen MR) is 80.2 cm³/mol. The molecule has 1 aromatic carbocycles. The van der Waals surface area contributed by atoms with Gasteiger partial charge in [-0.3, -0.25) is 0 Å². The van der Waals surface area contributed by atoms with Gasteiger partial charge in [0.25, 0.3) is 0 Å². The number of rotatable bonds is 7. The molecule has 1 N–H and O–H groups in total. The molecule has 0 spiro atoms. The highest BCUT2D eigenvalue weighted by molar-refractivity contribution is 5.24. The van der Waals surface area contributed by atoms with Gasteiger partial charge in [-0.25, -0.2) is 0 Å². The van der Waals surface area contributed by atoms with Gasteiger partial charge < -0.3 is 9.84 Å². The average molecular weight is 264 g/mol. The lowest BCUT2D eigenvalue weighted by atomic mass is 10.0. The molecule has 2 heteroatoms. The van der Waals surface area contributed by atoms with E-state index in [9.17, 15) is 5.11 Å². The van der Waals surface area contributed by atoms with Gasteiger partial charge in [-0.2, -0.15) is 0 Å². The topological polar surface area (TPSA) is 29.5 Å². The van der Waals surface area contributed by atoms with Crippen LogP contribution in [0.15, 0.2) is 24.3 Å². The number of benzene rings is 1. The largest absolute Gasteiger partial charge is 0.386 e. The Labute approximate surface area is 117 Å². The maximum atomic E-state index is 10.1. The zero-order valence-electron chi connectivity index (χ0n) is 12.9. The molecule has 0 aliphatic heterocycles. The van der Waals surface area contributed by atoms with E-state index in [1.54, 1.807) is 0 Å². The van der Waals surface area contributed by atoms with Crippen molar-refractivity contribution >= 4 is 0 Å². The number of hydrogen-bond acceptors (Lipinski definition) is 2. The van der Waals surface area contributed by atoms with E-state index in [0.29, 0.717) is 18.4 Å². The SMILES string of the molecule is CC(C)Cc1ccc(C(O)COC(C)C(C)C)cc1. The first kappa shape index (κ1) is 16.2. The highest BCUT2D eigenvalue weighted by Gasteiger charge is 2.12. The summed E-state index contributed by atoms with van der Waals surface area (Å²) in [5.41, 5.74) is 2.26. The molecular formula is C17H28O2. The molecule has 2 nitrogen and oxygen atoms in total. The van der Waals surface area contributed by atoms with Crippen LogP contribution in [-0.4, -0.2) is 17.8 Å². The number of aliphatic hydroxyl groups excluding tert-OH is 1. The summed E-state index contributed by atoms with van der Waals surface area (Å²) in [5, 5.41) is 10.1. The molecule has 0 bridgehead atoms. The molecule has 19 heavy (non-hydrogen) atoms. The van der Waals surface area contributed by atoms with E-state index in [1.165, 1.54) is 5.56 Å². The van der Waals surface area contributed by atoms with Crippen LogP contribution in [-0.2, 0) is 11.2 Å². The highest BCUT2D eigenvalue weighted by Crippen LogP contribution is 2.17. The van der Waals surface area contributed by atoms with Crippen LogP contribution in [0.3, 0.4) is 0 Å². The van der Waals surface area contributed by atoms with Gasteiger partial charge in [0.05, 0.1) is 12.7 Å². The summed E-state index contributed by atoms with van der Waals surface area (Å²) in [7, 11) is 0. The van der Waals surface area contributed by atoms with Crippen molar-refractivity contribution in [1.82, 2.24) is 0 Å². The molecule has 1 rings (SSSR count). The number of hydrogen-bond donors (Lipinski definition) is 1. The van der Waals surface area contributed by atoms with Crippen molar-refractivity contribution < 1.29 is 9.84 Å². The van der Waals surface area contributed by atoms with Gasteiger partial charge in [0.2, 0.25) is 0 Å². The van der Waals surface area contributed by atoms with Crippen LogP contribution < -0.4 is 0 Å². The molecule has 0 fully saturated rings. The standard InChI is InChI=1S/C17H28O2/c1-12(2)10-15-6-8-16(9-7-15)17(18)11-19-14(5)13(3)4/h6-9,12-14,17-18H,10-11H2,1-5H3. The fourth-order valence-corrected chi connectivity index (χ4v) is 1.88. The van der Waals surface area contributed by atoms with Crippen molar-refractivity contribution in [3.8, 4) is 0 Å². The number of ether oxygens (including phenoxy) is 1. The lowest BCUT2D eigenvalue weighted by Crippen LogP contribution is -2.19. The molecule has 108 valence electrons. The van der Waals surface area contributed by atoms with Crippen molar-refractivity contribution in [3.63, 3.8) is 0 Å². The summed E-state index contributed by atoms with van der Waals surface area (Å²) >= 11 is 0. The van der Waals surface area contributed by atoms with Gasteiger partial charge in [0.15, 0.2) is 0 Å². The maximum absolute atomic E-state index is 10.1. The minimum Gasteiger partial charge on any atom is -0.386 e. The first-order valence-electron chi connectivity index (χ1n) is 7.28. The summed E-state index contributed by atoms with van der Waals surface area (Å²) in [6.45, 7) is 11.1. The van der Waals surface area contributed by atoms with E-state index in [0.717, 1.165) is 12.0 Å². The second kappa shape index (κ2) is 7.66. The summed E-state index contributed by atoms with van der Waals surface area (Å²) < 4.78 is 5.66. The van der Waals surface area contributed by atoms with Gasteiger partial charge in [-0.15, -0.1) is 0 Å². The first-order chi connectivity index (χ1) is 8.90. The summed E-state index contributed by atoms with van der Waals surface area (Å²) in [6.07, 6.45) is 0.723. The molecule has 0 saturated heterocycles. The Morgan fingerprint density at radius 1 is 1.00 bits per heavy atom. The Morgan fingerprint density at radius 2 is 1.58 bits per heavy atom. The Balaban J connectivity index is 2.50. The third-order valence-corrected chi connectivity index (χ3v) is 3.46. The molecule has 0 aromatic heterocycles. The summed E-state index contributed by atoms with van der Waals surface area (Å²) in [5.74, 6) is 1.13. The summed E-state index contributed by atoms with van der Waals surface area (Å²) in [6, 6.07) is 8.21. The molecule has 2 unspecified atom stereocenters. The highest BCUT2D eigenvalue weighted by atomic mass is 16.5. The van der Waals surface area contributed by atoms with Crippen LogP contribution in [0.25, 0.3) is 0 Å². The lowest BCUT2D eigenvalue weighted by molar-refractivity contribution is -0.0206. The molecule has 0 heterocycles. The zero-order valence-corrected chi connectivity index (χ0v) is 12.9. The molecule has 2 atom stereocenters. The van der Waals surface area contributed by atoms with Crippen molar-refractivity contribution in [2.45, 2.75) is 53.2 Å². The number of aliphatic hydroxyl groups is 1. The van der Waals surface area contributed by atoms with Crippen molar-refractivity contribution in [2.24, 2.45) is 11.8 Å². The Hall–Kier alpha value is -0.860. The molecule has 1 aromatic rings. The minimum absolute atomic E-state index is 0.176. The van der Waals surface area contributed by atoms with Crippen LogP contribution in [0.5, 0.6) is 0 Å². The fraction of sp³-hybridized carbons (Fsp3) is 0.647. The third kappa shape index (κ3) is 5.75. The van der Waals surface area contributed by atoms with Gasteiger partial charge in [-0.1, -0.05) is 52.0 Å². The van der Waals surface area contributed by atoms with Gasteiger partial charge in [0.1, 0.15) is 6.10 Å². The molecule has 0 saturated carbocycles. The lowest BCUT2D eigenvalue weighted by Gasteiger charge is -2.19. The Morgan fingerprint density at radius 3 is 2.05 bits per heavy atom. The van der Waals surface area contributed by atoms with E-state index >= 15 is 0 Å². The first-order valence-corrected chi connectivity index (χ1v) is 7.28. The van der Waals surface area contributed by atoms with E-state index in [-0.39, 0.29) is 6.10 Å². The quantitative estimate of drug-likeness (QED) is 0.807. The molecule has 0 aliphatic rings. The van der Waals surface area contributed by atoms with E-state index < -0.39 is 6.10 Å². The van der Waals surface area contributed by atoms with Crippen molar-refractivity contribution in [3.05, 3.63) is 35.4 Å². The van der Waals surface area contributed by atoms with Crippen LogP contribution in [0.2, 0.25) is 0 Å². The van der Waals surface area contributed by atoms with Gasteiger partial charge in [0, 0.05) is 0 Å². The normalized spacial score (nSPS) is 14.9. The van der Waals surface area contributed by atoms with E-state index in [2.05, 4.69) is 39.8 Å².